The van der Waals surface area contributed by atoms with Gasteiger partial charge in [-0.3, -0.25) is 25.2 Å². The van der Waals surface area contributed by atoms with E-state index < -0.39 is 17.2 Å². The molecule has 7 heteroatoms. The van der Waals surface area contributed by atoms with E-state index in [1.807, 2.05) is 6.92 Å². The zero-order valence-electron chi connectivity index (χ0n) is 14.3. The third-order valence-corrected chi connectivity index (χ3v) is 3.99. The number of methoxy groups -OCH3 is 1. The highest BCUT2D eigenvalue weighted by Gasteiger charge is 2.14. The smallest absolute Gasteiger partial charge is 0.275 e. The van der Waals surface area contributed by atoms with Gasteiger partial charge in [0.05, 0.1) is 7.11 Å². The molecule has 1 heterocycles. The molecule has 0 bridgehead atoms. The minimum Gasteiger partial charge on any atom is -0.496 e. The molecule has 0 aliphatic carbocycles. The third kappa shape index (κ3) is 3.27. The summed E-state index contributed by atoms with van der Waals surface area (Å²) in [5.41, 5.74) is 5.88. The van der Waals surface area contributed by atoms with Gasteiger partial charge in [-0.2, -0.15) is 0 Å². The molecule has 3 aromatic rings. The normalized spacial score (nSPS) is 10.4. The molecule has 0 radical (unpaired) electrons. The number of aromatic nitrogens is 1. The van der Waals surface area contributed by atoms with Gasteiger partial charge in [-0.1, -0.05) is 18.2 Å². The number of nitrogens with one attached hydrogen (secondary N) is 3. The van der Waals surface area contributed by atoms with Crippen LogP contribution in [0.15, 0.2) is 53.5 Å². The number of ether oxygens (including phenoxy) is 1. The van der Waals surface area contributed by atoms with E-state index >= 15 is 0 Å². The molecular formula is C19H17N3O4. The van der Waals surface area contributed by atoms with E-state index in [4.69, 9.17) is 4.74 Å². The molecule has 0 atom stereocenters. The maximum atomic E-state index is 12.4. The predicted octanol–water partition coefficient (Wildman–Crippen LogP) is 1.92. The maximum absolute atomic E-state index is 12.4. The van der Waals surface area contributed by atoms with Crippen LogP contribution in [0.4, 0.5) is 0 Å². The number of benzene rings is 2. The molecule has 3 rings (SSSR count). The van der Waals surface area contributed by atoms with Crippen LogP contribution in [0.1, 0.15) is 26.3 Å². The lowest BCUT2D eigenvalue weighted by atomic mass is 10.1. The number of carbonyl (C=O) groups excluding carboxylic acids is 2. The van der Waals surface area contributed by atoms with E-state index in [0.717, 1.165) is 5.56 Å². The summed E-state index contributed by atoms with van der Waals surface area (Å²) >= 11 is 0. The Hall–Kier alpha value is -3.61. The van der Waals surface area contributed by atoms with Crippen LogP contribution in [0.3, 0.4) is 0 Å². The first kappa shape index (κ1) is 17.2. The molecule has 0 saturated heterocycles. The Balaban J connectivity index is 1.76. The number of amides is 2. The molecule has 2 aromatic carbocycles. The van der Waals surface area contributed by atoms with E-state index in [-0.39, 0.29) is 5.56 Å². The molecule has 0 aliphatic heterocycles. The quantitative estimate of drug-likeness (QED) is 0.628. The molecule has 26 heavy (non-hydrogen) atoms. The number of aryl methyl sites for hydroxylation is 1. The van der Waals surface area contributed by atoms with E-state index in [1.54, 1.807) is 42.5 Å². The second-order valence-electron chi connectivity index (χ2n) is 5.67. The van der Waals surface area contributed by atoms with Crippen molar-refractivity contribution in [3.8, 4) is 5.75 Å². The van der Waals surface area contributed by atoms with E-state index in [9.17, 15) is 14.4 Å². The number of pyridine rings is 1. The first-order valence-corrected chi connectivity index (χ1v) is 7.87. The lowest BCUT2D eigenvalue weighted by molar-refractivity contribution is 0.0846. The number of rotatable bonds is 3. The second kappa shape index (κ2) is 7.10. The van der Waals surface area contributed by atoms with E-state index in [2.05, 4.69) is 15.8 Å². The van der Waals surface area contributed by atoms with Gasteiger partial charge in [0.25, 0.3) is 11.8 Å². The topological polar surface area (TPSA) is 100 Å². The molecule has 7 nitrogen and oxygen atoms in total. The van der Waals surface area contributed by atoms with Gasteiger partial charge in [0.2, 0.25) is 5.43 Å². The Morgan fingerprint density at radius 1 is 1.04 bits per heavy atom. The van der Waals surface area contributed by atoms with Crippen molar-refractivity contribution in [1.29, 1.82) is 0 Å². The average molecular weight is 351 g/mol. The highest BCUT2D eigenvalue weighted by atomic mass is 16.5. The predicted molar refractivity (Wildman–Crippen MR) is 97.2 cm³/mol. The van der Waals surface area contributed by atoms with Crippen molar-refractivity contribution in [3.05, 3.63) is 75.6 Å². The summed E-state index contributed by atoms with van der Waals surface area (Å²) in [6.45, 7) is 1.86. The number of aromatic amines is 1. The van der Waals surface area contributed by atoms with Crippen molar-refractivity contribution in [2.45, 2.75) is 6.92 Å². The van der Waals surface area contributed by atoms with Gasteiger partial charge < -0.3 is 9.72 Å². The van der Waals surface area contributed by atoms with Crippen molar-refractivity contribution in [1.82, 2.24) is 15.8 Å². The first-order valence-electron chi connectivity index (χ1n) is 7.87. The molecule has 132 valence electrons. The van der Waals surface area contributed by atoms with E-state index in [1.165, 1.54) is 13.3 Å². The molecule has 0 spiro atoms. The highest BCUT2D eigenvalue weighted by molar-refractivity contribution is 6.00. The third-order valence-electron chi connectivity index (χ3n) is 3.99. The molecule has 3 N–H and O–H groups in total. The number of hydrogen-bond donors (Lipinski definition) is 3. The van der Waals surface area contributed by atoms with E-state index in [0.29, 0.717) is 22.2 Å². The summed E-state index contributed by atoms with van der Waals surface area (Å²) in [5, 5.41) is 0.398. The number of hydrogen-bond acceptors (Lipinski definition) is 4. The number of carbonyl (C=O) groups is 2. The van der Waals surface area contributed by atoms with Gasteiger partial charge >= 0.3 is 0 Å². The van der Waals surface area contributed by atoms with Crippen LogP contribution in [0.25, 0.3) is 10.9 Å². The fourth-order valence-corrected chi connectivity index (χ4v) is 2.55. The van der Waals surface area contributed by atoms with Crippen LogP contribution in [-0.2, 0) is 0 Å². The van der Waals surface area contributed by atoms with Gasteiger partial charge in [0.15, 0.2) is 0 Å². The zero-order chi connectivity index (χ0) is 18.7. The Kier molecular flexibility index (Phi) is 4.70. The van der Waals surface area contributed by atoms with Crippen molar-refractivity contribution >= 4 is 22.7 Å². The summed E-state index contributed by atoms with van der Waals surface area (Å²) in [6, 6.07) is 11.8. The number of hydrazine groups is 1. The fourth-order valence-electron chi connectivity index (χ4n) is 2.55. The Morgan fingerprint density at radius 2 is 1.77 bits per heavy atom. The average Bonchev–Trinajstić information content (AvgIpc) is 2.66. The molecule has 1 aromatic heterocycles. The van der Waals surface area contributed by atoms with Crippen LogP contribution in [0.2, 0.25) is 0 Å². The van der Waals surface area contributed by atoms with Crippen LogP contribution in [0.5, 0.6) is 5.75 Å². The highest BCUT2D eigenvalue weighted by Crippen LogP contribution is 2.18. The minimum atomic E-state index is -0.704. The van der Waals surface area contributed by atoms with Gasteiger partial charge in [-0.25, -0.2) is 0 Å². The Morgan fingerprint density at radius 3 is 2.54 bits per heavy atom. The standard InChI is InChI=1S/C19H17N3O4/c1-11-7-8-12(9-16(11)26-2)18(24)21-22-19(25)14-10-20-15-6-4-3-5-13(15)17(14)23/h3-10H,1-2H3,(H,20,23)(H,21,24)(H,22,25). The summed E-state index contributed by atoms with van der Waals surface area (Å²) < 4.78 is 5.17. The summed E-state index contributed by atoms with van der Waals surface area (Å²) in [5.74, 6) is -0.659. The van der Waals surface area contributed by atoms with Gasteiger partial charge in [0, 0.05) is 22.7 Å². The lowest BCUT2D eigenvalue weighted by Gasteiger charge is -2.10. The van der Waals surface area contributed by atoms with Crippen LogP contribution < -0.4 is 21.0 Å². The Bertz CT molecular complexity index is 1060. The Labute approximate surface area is 149 Å². The largest absolute Gasteiger partial charge is 0.496 e. The molecule has 0 unspecified atom stereocenters. The zero-order valence-corrected chi connectivity index (χ0v) is 14.3. The monoisotopic (exact) mass is 351 g/mol. The summed E-state index contributed by atoms with van der Waals surface area (Å²) in [7, 11) is 1.51. The second-order valence-corrected chi connectivity index (χ2v) is 5.67. The maximum Gasteiger partial charge on any atom is 0.275 e. The van der Waals surface area contributed by atoms with Crippen LogP contribution in [-0.4, -0.2) is 23.9 Å². The van der Waals surface area contributed by atoms with Gasteiger partial charge in [-0.15, -0.1) is 0 Å². The van der Waals surface area contributed by atoms with Crippen molar-refractivity contribution < 1.29 is 14.3 Å². The van der Waals surface area contributed by atoms with Crippen molar-refractivity contribution in [2.75, 3.05) is 7.11 Å². The van der Waals surface area contributed by atoms with Gasteiger partial charge in [0.1, 0.15) is 11.3 Å². The number of fused-ring (bicyclic) bond motifs is 1. The van der Waals surface area contributed by atoms with Crippen LogP contribution >= 0.6 is 0 Å². The first-order chi connectivity index (χ1) is 12.5. The molecular weight excluding hydrogens is 334 g/mol. The van der Waals surface area contributed by atoms with Crippen LogP contribution in [0, 0.1) is 6.92 Å². The number of H-pyrrole nitrogens is 1. The minimum absolute atomic E-state index is 0.0921. The SMILES string of the molecule is COc1cc(C(=O)NNC(=O)c2c[nH]c3ccccc3c2=O)ccc1C. The molecule has 0 saturated carbocycles. The fraction of sp³-hybridized carbons (Fsp3) is 0.105. The molecule has 2 amide bonds. The summed E-state index contributed by atoms with van der Waals surface area (Å²) in [4.78, 5) is 39.7. The summed E-state index contributed by atoms with van der Waals surface area (Å²) in [6.07, 6.45) is 1.32. The van der Waals surface area contributed by atoms with Gasteiger partial charge in [-0.05, 0) is 36.8 Å². The van der Waals surface area contributed by atoms with Crippen molar-refractivity contribution in [2.24, 2.45) is 0 Å². The van der Waals surface area contributed by atoms with Crippen molar-refractivity contribution in [3.63, 3.8) is 0 Å². The molecule has 0 fully saturated rings. The lowest BCUT2D eigenvalue weighted by Crippen LogP contribution is -2.43. The molecule has 0 aliphatic rings. The number of para-hydroxylation sites is 1.